The highest BCUT2D eigenvalue weighted by Gasteiger charge is 2.36. The van der Waals surface area contributed by atoms with Crippen LogP contribution in [0.2, 0.25) is 0 Å². The van der Waals surface area contributed by atoms with Gasteiger partial charge in [0.2, 0.25) is 0 Å². The number of nitrogens with zero attached hydrogens (tertiary/aromatic N) is 1. The minimum Gasteiger partial charge on any atom is -0.478 e. The van der Waals surface area contributed by atoms with E-state index in [2.05, 4.69) is 0 Å². The Hall–Kier alpha value is -3.33. The number of aromatic carboxylic acids is 1. The normalized spacial score (nSPS) is 15.3. The van der Waals surface area contributed by atoms with Gasteiger partial charge in [-0.3, -0.25) is 19.3 Å². The molecule has 1 aliphatic rings. The van der Waals surface area contributed by atoms with Crippen LogP contribution >= 0.6 is 11.8 Å². The van der Waals surface area contributed by atoms with Crippen LogP contribution in [0.3, 0.4) is 0 Å². The number of thioether (sulfide) groups is 1. The number of rotatable bonds is 6. The van der Waals surface area contributed by atoms with Crippen molar-refractivity contribution in [2.45, 2.75) is 6.92 Å². The highest BCUT2D eigenvalue weighted by molar-refractivity contribution is 8.18. The number of carbonyl (C=O) groups excluding carboxylic acids is 3. The fourth-order valence-corrected chi connectivity index (χ4v) is 3.28. The molecule has 1 aromatic carbocycles. The molecular weight excluding hydrogens is 386 g/mol. The van der Waals surface area contributed by atoms with Crippen molar-refractivity contribution < 1.29 is 33.4 Å². The number of benzene rings is 1. The highest BCUT2D eigenvalue weighted by Crippen LogP contribution is 2.33. The molecule has 1 aliphatic heterocycles. The fourth-order valence-electron chi connectivity index (χ4n) is 2.46. The molecule has 1 saturated heterocycles. The molecule has 1 N–H and O–H groups in total. The molecule has 0 aliphatic carbocycles. The SMILES string of the molecule is CCOC(=O)CN1C(=O)S/C(=C/c2ccc(-c3ccc(C(=O)O)cc3)o2)C1=O. The molecule has 0 radical (unpaired) electrons. The summed E-state index contributed by atoms with van der Waals surface area (Å²) in [4.78, 5) is 47.7. The zero-order chi connectivity index (χ0) is 20.3. The summed E-state index contributed by atoms with van der Waals surface area (Å²) < 4.78 is 10.4. The monoisotopic (exact) mass is 401 g/mol. The molecule has 1 aromatic heterocycles. The van der Waals surface area contributed by atoms with Crippen LogP contribution in [0.4, 0.5) is 4.79 Å². The predicted octanol–water partition coefficient (Wildman–Crippen LogP) is 3.24. The maximum absolute atomic E-state index is 12.3. The Kier molecular flexibility index (Phi) is 5.65. The number of esters is 1. The second-order valence-electron chi connectivity index (χ2n) is 5.66. The Bertz CT molecular complexity index is 974. The maximum atomic E-state index is 12.3. The van der Waals surface area contributed by atoms with Crippen LogP contribution in [0.5, 0.6) is 0 Å². The first-order valence-corrected chi connectivity index (χ1v) is 9.05. The van der Waals surface area contributed by atoms with E-state index >= 15 is 0 Å². The smallest absolute Gasteiger partial charge is 0.335 e. The summed E-state index contributed by atoms with van der Waals surface area (Å²) in [6, 6.07) is 9.43. The molecule has 2 amide bonds. The summed E-state index contributed by atoms with van der Waals surface area (Å²) >= 11 is 0.712. The van der Waals surface area contributed by atoms with Crippen molar-refractivity contribution in [2.24, 2.45) is 0 Å². The fraction of sp³-hybridized carbons (Fsp3) is 0.158. The summed E-state index contributed by atoms with van der Waals surface area (Å²) in [5.74, 6) is -1.44. The Labute approximate surface area is 163 Å². The third-order valence-corrected chi connectivity index (χ3v) is 4.69. The Balaban J connectivity index is 1.76. The topological polar surface area (TPSA) is 114 Å². The summed E-state index contributed by atoms with van der Waals surface area (Å²) in [7, 11) is 0. The number of carbonyl (C=O) groups is 4. The van der Waals surface area contributed by atoms with Gasteiger partial charge >= 0.3 is 11.9 Å². The minimum atomic E-state index is -1.02. The summed E-state index contributed by atoms with van der Waals surface area (Å²) in [5, 5.41) is 8.38. The second kappa shape index (κ2) is 8.13. The van der Waals surface area contributed by atoms with Crippen molar-refractivity contribution in [3.05, 3.63) is 52.6 Å². The molecule has 0 unspecified atom stereocenters. The lowest BCUT2D eigenvalue weighted by atomic mass is 10.1. The minimum absolute atomic E-state index is 0.136. The molecule has 0 saturated carbocycles. The van der Waals surface area contributed by atoms with Gasteiger partial charge in [0, 0.05) is 11.6 Å². The zero-order valence-corrected chi connectivity index (χ0v) is 15.5. The summed E-state index contributed by atoms with van der Waals surface area (Å²) in [5.41, 5.74) is 0.825. The van der Waals surface area contributed by atoms with E-state index in [-0.39, 0.29) is 17.1 Å². The zero-order valence-electron chi connectivity index (χ0n) is 14.7. The van der Waals surface area contributed by atoms with Crippen LogP contribution in [0, 0.1) is 0 Å². The third-order valence-electron chi connectivity index (χ3n) is 3.78. The van der Waals surface area contributed by atoms with Gasteiger partial charge in [0.1, 0.15) is 18.1 Å². The Morgan fingerprint density at radius 2 is 1.89 bits per heavy atom. The van der Waals surface area contributed by atoms with Gasteiger partial charge in [0.15, 0.2) is 0 Å². The summed E-state index contributed by atoms with van der Waals surface area (Å²) in [6.07, 6.45) is 1.42. The molecule has 0 atom stereocenters. The van der Waals surface area contributed by atoms with Gasteiger partial charge in [0.05, 0.1) is 17.1 Å². The first-order chi connectivity index (χ1) is 13.4. The molecule has 1 fully saturated rings. The molecule has 28 heavy (non-hydrogen) atoms. The number of hydrogen-bond donors (Lipinski definition) is 1. The average molecular weight is 401 g/mol. The van der Waals surface area contributed by atoms with E-state index in [1.54, 1.807) is 31.2 Å². The van der Waals surface area contributed by atoms with Gasteiger partial charge in [-0.1, -0.05) is 12.1 Å². The Morgan fingerprint density at radius 1 is 1.18 bits per heavy atom. The van der Waals surface area contributed by atoms with E-state index in [9.17, 15) is 19.2 Å². The van der Waals surface area contributed by atoms with E-state index in [0.29, 0.717) is 28.8 Å². The number of ether oxygens (including phenoxy) is 1. The van der Waals surface area contributed by atoms with Gasteiger partial charge in [-0.25, -0.2) is 4.79 Å². The van der Waals surface area contributed by atoms with E-state index in [0.717, 1.165) is 4.90 Å². The van der Waals surface area contributed by atoms with Crippen molar-refractivity contribution in [1.82, 2.24) is 4.90 Å². The van der Waals surface area contributed by atoms with Crippen LogP contribution in [0.25, 0.3) is 17.4 Å². The van der Waals surface area contributed by atoms with E-state index in [1.807, 2.05) is 0 Å². The summed E-state index contributed by atoms with van der Waals surface area (Å²) in [6.45, 7) is 1.36. The van der Waals surface area contributed by atoms with Crippen LogP contribution in [0.15, 0.2) is 45.7 Å². The number of carboxylic acid groups (broad SMARTS) is 1. The number of imide groups is 1. The van der Waals surface area contributed by atoms with Crippen molar-refractivity contribution >= 4 is 40.9 Å². The standard InChI is InChI=1S/C19H15NO7S/c1-2-26-16(21)10-20-17(22)15(28-19(20)25)9-13-7-8-14(27-13)11-3-5-12(6-4-11)18(23)24/h3-9H,2,10H2,1H3,(H,23,24)/b15-9+. The van der Waals surface area contributed by atoms with Gasteiger partial charge in [-0.2, -0.15) is 0 Å². The van der Waals surface area contributed by atoms with Gasteiger partial charge < -0.3 is 14.3 Å². The quantitative estimate of drug-likeness (QED) is 0.580. The lowest BCUT2D eigenvalue weighted by Gasteiger charge is -2.10. The number of amides is 2. The molecule has 0 spiro atoms. The van der Waals surface area contributed by atoms with Crippen molar-refractivity contribution in [3.63, 3.8) is 0 Å². The number of hydrogen-bond acceptors (Lipinski definition) is 7. The number of furan rings is 1. The average Bonchev–Trinajstić information content (AvgIpc) is 3.23. The van der Waals surface area contributed by atoms with E-state index in [4.69, 9.17) is 14.3 Å². The first-order valence-electron chi connectivity index (χ1n) is 8.23. The second-order valence-corrected chi connectivity index (χ2v) is 6.65. The number of carboxylic acids is 1. The van der Waals surface area contributed by atoms with Crippen LogP contribution in [-0.4, -0.2) is 46.2 Å². The molecule has 2 aromatic rings. The van der Waals surface area contributed by atoms with Crippen molar-refractivity contribution in [1.29, 1.82) is 0 Å². The molecule has 144 valence electrons. The van der Waals surface area contributed by atoms with Gasteiger partial charge in [0.25, 0.3) is 11.1 Å². The van der Waals surface area contributed by atoms with E-state index < -0.39 is 29.6 Å². The molecule has 3 rings (SSSR count). The van der Waals surface area contributed by atoms with Crippen LogP contribution in [-0.2, 0) is 14.3 Å². The van der Waals surface area contributed by atoms with E-state index in [1.165, 1.54) is 18.2 Å². The molecular formula is C19H15NO7S. The first kappa shape index (κ1) is 19.4. The Morgan fingerprint density at radius 3 is 2.54 bits per heavy atom. The molecule has 0 bridgehead atoms. The predicted molar refractivity (Wildman–Crippen MR) is 100 cm³/mol. The molecule has 2 heterocycles. The molecule has 8 nitrogen and oxygen atoms in total. The maximum Gasteiger partial charge on any atom is 0.335 e. The lowest BCUT2D eigenvalue weighted by Crippen LogP contribution is -2.34. The highest BCUT2D eigenvalue weighted by atomic mass is 32.2. The van der Waals surface area contributed by atoms with Crippen LogP contribution < -0.4 is 0 Å². The third kappa shape index (κ3) is 4.15. The largest absolute Gasteiger partial charge is 0.478 e. The molecule has 9 heteroatoms. The van der Waals surface area contributed by atoms with Gasteiger partial charge in [-0.15, -0.1) is 0 Å². The van der Waals surface area contributed by atoms with Crippen molar-refractivity contribution in [2.75, 3.05) is 13.2 Å². The van der Waals surface area contributed by atoms with Crippen LogP contribution in [0.1, 0.15) is 23.0 Å². The lowest BCUT2D eigenvalue weighted by molar-refractivity contribution is -0.145. The van der Waals surface area contributed by atoms with Crippen molar-refractivity contribution in [3.8, 4) is 11.3 Å². The van der Waals surface area contributed by atoms with Gasteiger partial charge in [-0.05, 0) is 43.0 Å².